The van der Waals surface area contributed by atoms with E-state index < -0.39 is 32.7 Å². The standard InChI is InChI=1S/C52H94NO9P/c1-10-11-12-13-14-15-16-17-18-19-20-21-22-26-49(54)58-38-44(39-60-63(56,57)59-36-35-53(7,8)9)62-50(55)61-43-31-33-51(5)42(37-43)27-28-45-47-30-29-46(41(4)25-23-24-40(2)3)52(47,6)34-32-48(45)51/h27,40-41,43-48H,10-26,28-39H2,1-9H3/p+1/t41-,43+,44?,45+,46-,47+,48+,51+,52-/m1/s1. The van der Waals surface area contributed by atoms with Gasteiger partial charge in [0.2, 0.25) is 0 Å². The Hall–Kier alpha value is -1.45. The molecule has 4 aliphatic carbocycles. The van der Waals surface area contributed by atoms with Crippen LogP contribution in [0.2, 0.25) is 0 Å². The van der Waals surface area contributed by atoms with E-state index in [1.54, 1.807) is 0 Å². The molecule has 3 fully saturated rings. The summed E-state index contributed by atoms with van der Waals surface area (Å²) >= 11 is 0. The van der Waals surface area contributed by atoms with Crippen LogP contribution in [-0.2, 0) is 32.6 Å². The second-order valence-corrected chi connectivity index (χ2v) is 24.0. The molecular weight excluding hydrogens is 814 g/mol. The second-order valence-electron chi connectivity index (χ2n) is 22.5. The van der Waals surface area contributed by atoms with Crippen molar-refractivity contribution >= 4 is 19.9 Å². The molecule has 10 nitrogen and oxygen atoms in total. The lowest BCUT2D eigenvalue weighted by molar-refractivity contribution is -0.870. The molecule has 11 heteroatoms. The molecule has 1 N–H and O–H groups in total. The molecule has 0 aromatic carbocycles. The first-order valence-corrected chi connectivity index (χ1v) is 27.5. The van der Waals surface area contributed by atoms with Crippen molar-refractivity contribution in [1.29, 1.82) is 0 Å². The largest absolute Gasteiger partial charge is 0.509 e. The van der Waals surface area contributed by atoms with Gasteiger partial charge in [-0.25, -0.2) is 9.36 Å². The van der Waals surface area contributed by atoms with Gasteiger partial charge in [-0.3, -0.25) is 13.8 Å². The van der Waals surface area contributed by atoms with Crippen LogP contribution in [-0.4, -0.2) is 81.2 Å². The van der Waals surface area contributed by atoms with Gasteiger partial charge in [0, 0.05) is 12.8 Å². The summed E-state index contributed by atoms with van der Waals surface area (Å²) in [5, 5.41) is 0. The van der Waals surface area contributed by atoms with Crippen LogP contribution in [0.15, 0.2) is 11.6 Å². The van der Waals surface area contributed by atoms with E-state index in [2.05, 4.69) is 47.6 Å². The summed E-state index contributed by atoms with van der Waals surface area (Å²) < 4.78 is 40.9. The summed E-state index contributed by atoms with van der Waals surface area (Å²) in [5.41, 5.74) is 1.97. The molecule has 366 valence electrons. The first-order chi connectivity index (χ1) is 29.9. The zero-order chi connectivity index (χ0) is 46.1. The summed E-state index contributed by atoms with van der Waals surface area (Å²) in [6.45, 7) is 14.3. The minimum atomic E-state index is -4.46. The number of hydrogen-bond donors (Lipinski definition) is 1. The van der Waals surface area contributed by atoms with E-state index in [4.69, 9.17) is 23.3 Å². The van der Waals surface area contributed by atoms with Crippen molar-refractivity contribution in [2.75, 3.05) is 47.5 Å². The van der Waals surface area contributed by atoms with E-state index in [0.29, 0.717) is 28.8 Å². The van der Waals surface area contributed by atoms with E-state index in [-0.39, 0.29) is 31.2 Å². The lowest BCUT2D eigenvalue weighted by Crippen LogP contribution is -2.51. The third-order valence-electron chi connectivity index (χ3n) is 16.1. The fourth-order valence-corrected chi connectivity index (χ4v) is 13.1. The minimum absolute atomic E-state index is 0.00920. The highest BCUT2D eigenvalue weighted by Gasteiger charge is 2.59. The number of carbonyl (C=O) groups is 2. The fraction of sp³-hybridized carbons (Fsp3) is 0.923. The lowest BCUT2D eigenvalue weighted by atomic mass is 9.47. The molecule has 0 saturated heterocycles. The summed E-state index contributed by atoms with van der Waals surface area (Å²) in [6.07, 6.45) is 29.1. The molecule has 0 spiro atoms. The van der Waals surface area contributed by atoms with Crippen molar-refractivity contribution < 1.29 is 46.8 Å². The Kier molecular flexibility index (Phi) is 22.5. The van der Waals surface area contributed by atoms with Gasteiger partial charge in [-0.2, -0.15) is 0 Å². The van der Waals surface area contributed by atoms with Gasteiger partial charge in [0.15, 0.2) is 6.10 Å². The molecule has 0 aromatic rings. The third kappa shape index (κ3) is 17.6. The summed E-state index contributed by atoms with van der Waals surface area (Å²) in [5.74, 6) is 4.17. The van der Waals surface area contributed by atoms with Gasteiger partial charge in [-0.05, 0) is 97.7 Å². The number of ether oxygens (including phenoxy) is 3. The predicted molar refractivity (Wildman–Crippen MR) is 254 cm³/mol. The number of carbonyl (C=O) groups excluding carboxylic acids is 2. The number of nitrogens with zero attached hydrogens (tertiary/aromatic N) is 1. The fourth-order valence-electron chi connectivity index (χ4n) is 12.4. The molecule has 4 rings (SSSR count). The van der Waals surface area contributed by atoms with Crippen molar-refractivity contribution in [2.45, 2.75) is 214 Å². The van der Waals surface area contributed by atoms with Crippen LogP contribution in [0.4, 0.5) is 4.79 Å². The molecule has 0 radical (unpaired) electrons. The number of fused-ring (bicyclic) bond motifs is 5. The Morgan fingerprint density at radius 2 is 1.46 bits per heavy atom. The van der Waals surface area contributed by atoms with E-state index in [1.165, 1.54) is 115 Å². The third-order valence-corrected chi connectivity index (χ3v) is 17.1. The number of allylic oxidation sites excluding steroid dienone is 1. The molecular formula is C52H95NO9P+. The van der Waals surface area contributed by atoms with Gasteiger partial charge in [0.25, 0.3) is 0 Å². The van der Waals surface area contributed by atoms with E-state index in [9.17, 15) is 19.0 Å². The Balaban J connectivity index is 1.25. The van der Waals surface area contributed by atoms with Gasteiger partial charge < -0.3 is 23.6 Å². The van der Waals surface area contributed by atoms with Crippen LogP contribution in [0, 0.1) is 46.3 Å². The summed E-state index contributed by atoms with van der Waals surface area (Å²) in [6, 6.07) is 0. The maximum Gasteiger partial charge on any atom is 0.509 e. The number of likely N-dealkylation sites (N-methyl/N-ethyl adjacent to an activating group) is 1. The highest BCUT2D eigenvalue weighted by Crippen LogP contribution is 2.67. The van der Waals surface area contributed by atoms with Crippen molar-refractivity contribution in [3.05, 3.63) is 11.6 Å². The molecule has 0 bridgehead atoms. The first-order valence-electron chi connectivity index (χ1n) is 26.0. The SMILES string of the molecule is CCCCCCCCCCCCCCCC(=O)OCC(COP(=O)(O)OCC[N+](C)(C)C)OC(=O)O[C@H]1CC[C@@]2(C)C(=CC[C@H]3[C@@H]4CC[C@H]([C@H](C)CCCC(C)C)[C@@]4(C)CC[C@@H]32)C1. The van der Waals surface area contributed by atoms with Crippen molar-refractivity contribution in [3.63, 3.8) is 0 Å². The summed E-state index contributed by atoms with van der Waals surface area (Å²) in [4.78, 5) is 36.5. The first kappa shape index (κ1) is 54.2. The number of esters is 1. The van der Waals surface area contributed by atoms with Crippen LogP contribution >= 0.6 is 7.82 Å². The van der Waals surface area contributed by atoms with E-state index in [0.717, 1.165) is 68.1 Å². The topological polar surface area (TPSA) is 118 Å². The monoisotopic (exact) mass is 909 g/mol. The maximum absolute atomic E-state index is 13.4. The van der Waals surface area contributed by atoms with Gasteiger partial charge in [0.05, 0.1) is 27.7 Å². The second kappa shape index (κ2) is 26.2. The number of hydrogen-bond acceptors (Lipinski definition) is 8. The van der Waals surface area contributed by atoms with Gasteiger partial charge >= 0.3 is 19.9 Å². The van der Waals surface area contributed by atoms with E-state index >= 15 is 0 Å². The van der Waals surface area contributed by atoms with Gasteiger partial charge in [-0.15, -0.1) is 0 Å². The molecule has 0 heterocycles. The number of rotatable bonds is 30. The van der Waals surface area contributed by atoms with Crippen LogP contribution in [0.1, 0.15) is 202 Å². The zero-order valence-electron chi connectivity index (χ0n) is 41.8. The van der Waals surface area contributed by atoms with E-state index in [1.807, 2.05) is 21.1 Å². The predicted octanol–water partition coefficient (Wildman–Crippen LogP) is 13.8. The van der Waals surface area contributed by atoms with Crippen molar-refractivity contribution in [2.24, 2.45) is 46.3 Å². The average molecular weight is 909 g/mol. The molecule has 63 heavy (non-hydrogen) atoms. The van der Waals surface area contributed by atoms with Gasteiger partial charge in [-0.1, -0.05) is 150 Å². The highest BCUT2D eigenvalue weighted by molar-refractivity contribution is 7.47. The number of unbranched alkanes of at least 4 members (excludes halogenated alkanes) is 12. The lowest BCUT2D eigenvalue weighted by Gasteiger charge is -2.58. The van der Waals surface area contributed by atoms with Crippen molar-refractivity contribution in [1.82, 2.24) is 0 Å². The van der Waals surface area contributed by atoms with Crippen molar-refractivity contribution in [3.8, 4) is 0 Å². The Bertz CT molecular complexity index is 1450. The Morgan fingerprint density at radius 1 is 0.810 bits per heavy atom. The molecule has 10 atom stereocenters. The summed E-state index contributed by atoms with van der Waals surface area (Å²) in [7, 11) is 1.40. The van der Waals surface area contributed by atoms with Crippen LogP contribution in [0.25, 0.3) is 0 Å². The number of phosphoric ester groups is 1. The normalized spacial score (nSPS) is 28.9. The Labute approximate surface area is 385 Å². The Morgan fingerprint density at radius 3 is 2.10 bits per heavy atom. The quantitative estimate of drug-likeness (QED) is 0.0247. The molecule has 3 saturated carbocycles. The molecule has 2 unspecified atom stereocenters. The number of phosphoric acid groups is 1. The molecule has 0 amide bonds. The smallest absolute Gasteiger partial charge is 0.462 e. The molecule has 0 aliphatic heterocycles. The highest BCUT2D eigenvalue weighted by atomic mass is 31.2. The zero-order valence-corrected chi connectivity index (χ0v) is 42.7. The maximum atomic E-state index is 13.4. The molecule has 0 aromatic heterocycles. The molecule has 4 aliphatic rings. The van der Waals surface area contributed by atoms with Crippen LogP contribution in [0.3, 0.4) is 0 Å². The average Bonchev–Trinajstić information content (AvgIpc) is 3.57. The number of quaternary nitrogens is 1. The van der Waals surface area contributed by atoms with Crippen LogP contribution < -0.4 is 0 Å². The van der Waals surface area contributed by atoms with Gasteiger partial charge in [0.1, 0.15) is 25.9 Å². The van der Waals surface area contributed by atoms with Crippen LogP contribution in [0.5, 0.6) is 0 Å². The minimum Gasteiger partial charge on any atom is -0.462 e.